The summed E-state index contributed by atoms with van der Waals surface area (Å²) in [5.74, 6) is -2.90. The lowest BCUT2D eigenvalue weighted by molar-refractivity contribution is -0.326. The van der Waals surface area contributed by atoms with Gasteiger partial charge in [-0.25, -0.2) is 0 Å². The van der Waals surface area contributed by atoms with Crippen LogP contribution in [0.25, 0.3) is 0 Å². The summed E-state index contributed by atoms with van der Waals surface area (Å²) in [5.41, 5.74) is -2.99. The van der Waals surface area contributed by atoms with Crippen molar-refractivity contribution in [2.75, 3.05) is 6.61 Å². The highest BCUT2D eigenvalue weighted by atomic mass is 16.7. The molecule has 0 aromatic heterocycles. The van der Waals surface area contributed by atoms with E-state index in [4.69, 9.17) is 14.2 Å². The Hall–Kier alpha value is -1.82. The van der Waals surface area contributed by atoms with Gasteiger partial charge < -0.3 is 39.7 Å². The van der Waals surface area contributed by atoms with Crippen molar-refractivity contribution in [1.29, 1.82) is 0 Å². The molecule has 3 saturated carbocycles. The molecule has 12 atom stereocenters. The molecule has 5 fully saturated rings. The fourth-order valence-electron chi connectivity index (χ4n) is 8.78. The summed E-state index contributed by atoms with van der Waals surface area (Å²) in [6, 6.07) is 0. The SMILES string of the molecule is C=C1CC23CC1(OC1OC(CO)C(O)C(O)C1O)CCC2C12CC=CC(C)(C(=O)O1)C2C3C(=O)O. The molecule has 0 aromatic carbocycles. The number of carboxylic acids is 1. The van der Waals surface area contributed by atoms with Crippen molar-refractivity contribution in [3.63, 3.8) is 0 Å². The normalized spacial score (nSPS) is 56.0. The maximum atomic E-state index is 13.0. The van der Waals surface area contributed by atoms with Crippen molar-refractivity contribution in [2.45, 2.75) is 80.9 Å². The summed E-state index contributed by atoms with van der Waals surface area (Å²) in [6.07, 6.45) is -1.22. The van der Waals surface area contributed by atoms with E-state index in [1.165, 1.54) is 0 Å². The Morgan fingerprint density at radius 2 is 2.00 bits per heavy atom. The number of hydrogen-bond donors (Lipinski definition) is 5. The number of carbonyl (C=O) groups excluding carboxylic acids is 1. The van der Waals surface area contributed by atoms with Crippen LogP contribution in [-0.2, 0) is 23.8 Å². The molecule has 0 aromatic rings. The number of hydrogen-bond acceptors (Lipinski definition) is 9. The van der Waals surface area contributed by atoms with Gasteiger partial charge in [-0.3, -0.25) is 9.59 Å². The van der Waals surface area contributed by atoms with Crippen LogP contribution in [0.1, 0.15) is 39.0 Å². The third kappa shape index (κ3) is 2.65. The minimum absolute atomic E-state index is 0.192. The van der Waals surface area contributed by atoms with Crippen molar-refractivity contribution < 1.29 is 49.3 Å². The van der Waals surface area contributed by atoms with E-state index in [1.54, 1.807) is 13.0 Å². The van der Waals surface area contributed by atoms with Crippen molar-refractivity contribution in [3.8, 4) is 0 Å². The maximum absolute atomic E-state index is 13.0. The number of carbonyl (C=O) groups is 2. The monoisotopic (exact) mass is 492 g/mol. The number of esters is 1. The molecule has 1 spiro atoms. The van der Waals surface area contributed by atoms with Gasteiger partial charge in [0.05, 0.1) is 23.5 Å². The van der Waals surface area contributed by atoms with Gasteiger partial charge >= 0.3 is 11.9 Å². The maximum Gasteiger partial charge on any atom is 0.316 e. The Morgan fingerprint density at radius 1 is 1.26 bits per heavy atom. The van der Waals surface area contributed by atoms with Crippen molar-refractivity contribution >= 4 is 11.9 Å². The summed E-state index contributed by atoms with van der Waals surface area (Å²) in [6.45, 7) is 5.44. The molecule has 5 N–H and O–H groups in total. The molecule has 10 heteroatoms. The molecule has 6 aliphatic rings. The molecular weight excluding hydrogens is 460 g/mol. The molecule has 4 bridgehead atoms. The van der Waals surface area contributed by atoms with Crippen LogP contribution in [0.2, 0.25) is 0 Å². The molecule has 10 nitrogen and oxygen atoms in total. The molecule has 0 amide bonds. The fraction of sp³-hybridized carbons (Fsp3) is 0.760. The lowest BCUT2D eigenvalue weighted by Crippen LogP contribution is -2.61. The van der Waals surface area contributed by atoms with E-state index >= 15 is 0 Å². The highest BCUT2D eigenvalue weighted by Crippen LogP contribution is 2.78. The first-order valence-electron chi connectivity index (χ1n) is 12.3. The Labute approximate surface area is 202 Å². The van der Waals surface area contributed by atoms with Crippen LogP contribution in [0.4, 0.5) is 0 Å². The quantitative estimate of drug-likeness (QED) is 0.264. The van der Waals surface area contributed by atoms with Crippen molar-refractivity contribution in [3.05, 3.63) is 24.3 Å². The Kier molecular flexibility index (Phi) is 4.81. The number of aliphatic hydroxyl groups excluding tert-OH is 4. The van der Waals surface area contributed by atoms with E-state index < -0.39 is 77.1 Å². The van der Waals surface area contributed by atoms with Gasteiger partial charge in [-0.1, -0.05) is 18.7 Å². The van der Waals surface area contributed by atoms with Crippen molar-refractivity contribution in [2.24, 2.45) is 28.6 Å². The molecule has 192 valence electrons. The second-order valence-corrected chi connectivity index (χ2v) is 11.6. The average Bonchev–Trinajstić information content (AvgIpc) is 3.22. The first kappa shape index (κ1) is 23.6. The van der Waals surface area contributed by atoms with Crippen LogP contribution < -0.4 is 0 Å². The van der Waals surface area contributed by atoms with Crippen LogP contribution in [0.15, 0.2) is 24.3 Å². The number of rotatable bonds is 4. The lowest BCUT2D eigenvalue weighted by Gasteiger charge is -2.48. The number of ether oxygens (including phenoxy) is 3. The molecule has 2 aliphatic heterocycles. The van der Waals surface area contributed by atoms with E-state index in [2.05, 4.69) is 6.58 Å². The molecule has 4 aliphatic carbocycles. The summed E-state index contributed by atoms with van der Waals surface area (Å²) in [7, 11) is 0. The van der Waals surface area contributed by atoms with Gasteiger partial charge in [0.2, 0.25) is 0 Å². The molecule has 6 rings (SSSR count). The minimum Gasteiger partial charge on any atom is -0.481 e. The van der Waals surface area contributed by atoms with E-state index in [0.717, 1.165) is 0 Å². The number of carboxylic acid groups (broad SMARTS) is 1. The van der Waals surface area contributed by atoms with Gasteiger partial charge in [0.15, 0.2) is 6.29 Å². The first-order valence-corrected chi connectivity index (χ1v) is 12.3. The molecular formula is C25H32O10. The molecule has 2 saturated heterocycles. The topological polar surface area (TPSA) is 163 Å². The zero-order valence-corrected chi connectivity index (χ0v) is 19.5. The molecule has 0 radical (unpaired) electrons. The van der Waals surface area contributed by atoms with Gasteiger partial charge in [0, 0.05) is 18.3 Å². The number of aliphatic hydroxyl groups is 4. The van der Waals surface area contributed by atoms with Crippen molar-refractivity contribution in [1.82, 2.24) is 0 Å². The van der Waals surface area contributed by atoms with Gasteiger partial charge in [0.25, 0.3) is 0 Å². The highest BCUT2D eigenvalue weighted by molar-refractivity contribution is 5.86. The average molecular weight is 493 g/mol. The summed E-state index contributed by atoms with van der Waals surface area (Å²) < 4.78 is 18.0. The number of aliphatic carboxylic acids is 1. The molecule has 2 heterocycles. The van der Waals surface area contributed by atoms with E-state index in [1.807, 2.05) is 6.08 Å². The van der Waals surface area contributed by atoms with Gasteiger partial charge in [-0.15, -0.1) is 0 Å². The minimum atomic E-state index is -1.58. The predicted molar refractivity (Wildman–Crippen MR) is 116 cm³/mol. The van der Waals surface area contributed by atoms with Gasteiger partial charge in [-0.2, -0.15) is 0 Å². The fourth-order valence-corrected chi connectivity index (χ4v) is 8.78. The first-order chi connectivity index (χ1) is 16.5. The third-order valence-electron chi connectivity index (χ3n) is 10.1. The predicted octanol–water partition coefficient (Wildman–Crippen LogP) is -0.119. The van der Waals surface area contributed by atoms with Crippen LogP contribution in [-0.4, -0.2) is 86.0 Å². The van der Waals surface area contributed by atoms with Crippen LogP contribution in [0.5, 0.6) is 0 Å². The second-order valence-electron chi connectivity index (χ2n) is 11.6. The van der Waals surface area contributed by atoms with E-state index in [9.17, 15) is 35.1 Å². The standard InChI is InChI=1S/C25H32O10/c1-11-8-23-10-24(11,34-20-17(29)16(28)15(27)12(9-26)33-20)7-4-13(23)25-6-3-5-22(2,21(32)35-25)18(25)14(23)19(30)31/h3,5,12-18,20,26-29H,1,4,6-10H2,2H3,(H,30,31). The van der Waals surface area contributed by atoms with Gasteiger partial charge in [-0.05, 0) is 43.6 Å². The highest BCUT2D eigenvalue weighted by Gasteiger charge is 2.82. The third-order valence-corrected chi connectivity index (χ3v) is 10.1. The molecule has 35 heavy (non-hydrogen) atoms. The zero-order chi connectivity index (χ0) is 25.1. The molecule has 12 unspecified atom stereocenters. The summed E-state index contributed by atoms with van der Waals surface area (Å²) >= 11 is 0. The smallest absolute Gasteiger partial charge is 0.316 e. The van der Waals surface area contributed by atoms with Gasteiger partial charge in [0.1, 0.15) is 30.0 Å². The van der Waals surface area contributed by atoms with E-state index in [0.29, 0.717) is 37.7 Å². The largest absolute Gasteiger partial charge is 0.481 e. The Bertz CT molecular complexity index is 1020. The summed E-state index contributed by atoms with van der Waals surface area (Å²) in [5, 5.41) is 51.0. The number of fused-ring (bicyclic) bond motifs is 1. The lowest BCUT2D eigenvalue weighted by atomic mass is 9.62. The Morgan fingerprint density at radius 3 is 2.69 bits per heavy atom. The van der Waals surface area contributed by atoms with Crippen LogP contribution >= 0.6 is 0 Å². The van der Waals surface area contributed by atoms with Crippen LogP contribution in [0.3, 0.4) is 0 Å². The zero-order valence-electron chi connectivity index (χ0n) is 19.5. The second kappa shape index (κ2) is 7.14. The Balaban J connectivity index is 1.38. The van der Waals surface area contributed by atoms with Crippen LogP contribution in [0, 0.1) is 28.6 Å². The summed E-state index contributed by atoms with van der Waals surface area (Å²) in [4.78, 5) is 25.8. The van der Waals surface area contributed by atoms with E-state index in [-0.39, 0.29) is 11.9 Å².